The number of aromatic nitrogens is 2. The van der Waals surface area contributed by atoms with Crippen LogP contribution in [-0.4, -0.2) is 14.7 Å². The van der Waals surface area contributed by atoms with E-state index in [1.54, 1.807) is 6.20 Å². The molecule has 1 atom stereocenters. The molecule has 1 aliphatic carbocycles. The standard InChI is InChI=1S/C15H26N2O/c1-15(2,3)12-7-5-11(6-8-12)13(18)14-16-9-10-17(14)4/h9-13,18H,5-8H2,1-4H3. The molecule has 1 aromatic rings. The summed E-state index contributed by atoms with van der Waals surface area (Å²) < 4.78 is 1.93. The Morgan fingerprint density at radius 3 is 2.33 bits per heavy atom. The van der Waals surface area contributed by atoms with Crippen LogP contribution in [0.5, 0.6) is 0 Å². The van der Waals surface area contributed by atoms with E-state index in [-0.39, 0.29) is 0 Å². The number of aliphatic hydroxyl groups excluding tert-OH is 1. The molecule has 0 amide bonds. The smallest absolute Gasteiger partial charge is 0.137 e. The highest BCUT2D eigenvalue weighted by Gasteiger charge is 2.33. The van der Waals surface area contributed by atoms with Gasteiger partial charge >= 0.3 is 0 Å². The van der Waals surface area contributed by atoms with Gasteiger partial charge in [-0.3, -0.25) is 0 Å². The maximum atomic E-state index is 10.4. The van der Waals surface area contributed by atoms with Gasteiger partial charge in [-0.05, 0) is 42.9 Å². The van der Waals surface area contributed by atoms with Crippen molar-refractivity contribution in [1.29, 1.82) is 0 Å². The van der Waals surface area contributed by atoms with Crippen LogP contribution in [0.2, 0.25) is 0 Å². The van der Waals surface area contributed by atoms with E-state index in [1.807, 2.05) is 17.8 Å². The lowest BCUT2D eigenvalue weighted by Gasteiger charge is -2.38. The van der Waals surface area contributed by atoms with Gasteiger partial charge < -0.3 is 9.67 Å². The lowest BCUT2D eigenvalue weighted by atomic mass is 9.69. The monoisotopic (exact) mass is 250 g/mol. The van der Waals surface area contributed by atoms with Crippen molar-refractivity contribution in [2.45, 2.75) is 52.6 Å². The molecule has 1 aromatic heterocycles. The third-order valence-electron chi connectivity index (χ3n) is 4.57. The van der Waals surface area contributed by atoms with E-state index >= 15 is 0 Å². The van der Waals surface area contributed by atoms with E-state index in [4.69, 9.17) is 0 Å². The van der Waals surface area contributed by atoms with Crippen LogP contribution in [0.15, 0.2) is 12.4 Å². The highest BCUT2D eigenvalue weighted by atomic mass is 16.3. The quantitative estimate of drug-likeness (QED) is 0.874. The van der Waals surface area contributed by atoms with Crippen LogP contribution in [0, 0.1) is 17.3 Å². The highest BCUT2D eigenvalue weighted by molar-refractivity contribution is 4.98. The molecule has 1 unspecified atom stereocenters. The fourth-order valence-electron chi connectivity index (χ4n) is 3.17. The molecule has 3 heteroatoms. The zero-order chi connectivity index (χ0) is 13.3. The third kappa shape index (κ3) is 2.77. The summed E-state index contributed by atoms with van der Waals surface area (Å²) >= 11 is 0. The molecule has 1 saturated carbocycles. The van der Waals surface area contributed by atoms with Crippen molar-refractivity contribution in [2.75, 3.05) is 0 Å². The Labute approximate surface area is 110 Å². The lowest BCUT2D eigenvalue weighted by Crippen LogP contribution is -2.28. The summed E-state index contributed by atoms with van der Waals surface area (Å²) in [6.07, 6.45) is 7.97. The zero-order valence-electron chi connectivity index (χ0n) is 12.1. The van der Waals surface area contributed by atoms with Crippen molar-refractivity contribution in [3.63, 3.8) is 0 Å². The highest BCUT2D eigenvalue weighted by Crippen LogP contribution is 2.43. The van der Waals surface area contributed by atoms with Gasteiger partial charge in [0.05, 0.1) is 0 Å². The minimum absolute atomic E-state index is 0.379. The fraction of sp³-hybridized carbons (Fsp3) is 0.800. The molecular formula is C15H26N2O. The summed E-state index contributed by atoms with van der Waals surface area (Å²) in [6.45, 7) is 6.98. The number of imidazole rings is 1. The predicted octanol–water partition coefficient (Wildman–Crippen LogP) is 3.31. The van der Waals surface area contributed by atoms with Crippen LogP contribution >= 0.6 is 0 Å². The average molecular weight is 250 g/mol. The van der Waals surface area contributed by atoms with Gasteiger partial charge in [0.2, 0.25) is 0 Å². The van der Waals surface area contributed by atoms with Crippen molar-refractivity contribution in [3.05, 3.63) is 18.2 Å². The van der Waals surface area contributed by atoms with Crippen molar-refractivity contribution in [3.8, 4) is 0 Å². The molecule has 2 rings (SSSR count). The fourth-order valence-corrected chi connectivity index (χ4v) is 3.17. The molecule has 18 heavy (non-hydrogen) atoms. The Bertz CT molecular complexity index is 383. The normalized spacial score (nSPS) is 27.2. The van der Waals surface area contributed by atoms with Gasteiger partial charge in [0.25, 0.3) is 0 Å². The van der Waals surface area contributed by atoms with Gasteiger partial charge in [0, 0.05) is 19.4 Å². The SMILES string of the molecule is Cn1ccnc1C(O)C1CCC(C(C)(C)C)CC1. The molecule has 0 aromatic carbocycles. The van der Waals surface area contributed by atoms with Crippen molar-refractivity contribution in [1.82, 2.24) is 9.55 Å². The Kier molecular flexibility index (Phi) is 3.81. The number of aliphatic hydroxyl groups is 1. The summed E-state index contributed by atoms with van der Waals surface area (Å²) in [5.41, 5.74) is 0.402. The molecule has 0 bridgehead atoms. The van der Waals surface area contributed by atoms with Crippen LogP contribution in [-0.2, 0) is 7.05 Å². The number of aryl methyl sites for hydroxylation is 1. The van der Waals surface area contributed by atoms with E-state index < -0.39 is 6.10 Å². The number of hydrogen-bond donors (Lipinski definition) is 1. The van der Waals surface area contributed by atoms with Crippen molar-refractivity contribution < 1.29 is 5.11 Å². The van der Waals surface area contributed by atoms with Crippen molar-refractivity contribution >= 4 is 0 Å². The first-order valence-electron chi connectivity index (χ1n) is 7.05. The zero-order valence-corrected chi connectivity index (χ0v) is 12.1. The number of rotatable bonds is 2. The van der Waals surface area contributed by atoms with Gasteiger partial charge in [0.1, 0.15) is 11.9 Å². The molecule has 0 saturated heterocycles. The number of hydrogen-bond acceptors (Lipinski definition) is 2. The van der Waals surface area contributed by atoms with Crippen LogP contribution in [0.1, 0.15) is 58.4 Å². The first-order valence-corrected chi connectivity index (χ1v) is 7.05. The second kappa shape index (κ2) is 5.04. The molecule has 0 spiro atoms. The second-order valence-corrected chi connectivity index (χ2v) is 6.82. The molecule has 1 N–H and O–H groups in total. The Balaban J connectivity index is 1.96. The summed E-state index contributed by atoms with van der Waals surface area (Å²) in [5.74, 6) is 1.99. The Morgan fingerprint density at radius 1 is 1.28 bits per heavy atom. The summed E-state index contributed by atoms with van der Waals surface area (Å²) in [4.78, 5) is 4.27. The maximum absolute atomic E-state index is 10.4. The van der Waals surface area contributed by atoms with Gasteiger partial charge in [-0.25, -0.2) is 4.98 Å². The lowest BCUT2D eigenvalue weighted by molar-refractivity contribution is 0.0457. The first kappa shape index (κ1) is 13.6. The Morgan fingerprint density at radius 2 is 1.89 bits per heavy atom. The van der Waals surface area contributed by atoms with Gasteiger partial charge in [-0.2, -0.15) is 0 Å². The van der Waals surface area contributed by atoms with E-state index in [2.05, 4.69) is 25.8 Å². The summed E-state index contributed by atoms with van der Waals surface area (Å²) in [6, 6.07) is 0. The molecule has 1 aliphatic rings. The van der Waals surface area contributed by atoms with E-state index in [1.165, 1.54) is 12.8 Å². The molecule has 1 heterocycles. The summed E-state index contributed by atoms with van der Waals surface area (Å²) in [7, 11) is 1.95. The maximum Gasteiger partial charge on any atom is 0.137 e. The summed E-state index contributed by atoms with van der Waals surface area (Å²) in [5, 5.41) is 10.4. The van der Waals surface area contributed by atoms with E-state index in [0.717, 1.165) is 24.6 Å². The molecule has 1 fully saturated rings. The molecule has 102 valence electrons. The second-order valence-electron chi connectivity index (χ2n) is 6.82. The molecule has 0 radical (unpaired) electrons. The topological polar surface area (TPSA) is 38.0 Å². The van der Waals surface area contributed by atoms with E-state index in [0.29, 0.717) is 11.3 Å². The molecular weight excluding hydrogens is 224 g/mol. The first-order chi connectivity index (χ1) is 8.39. The largest absolute Gasteiger partial charge is 0.385 e. The minimum Gasteiger partial charge on any atom is -0.385 e. The van der Waals surface area contributed by atoms with Crippen LogP contribution in [0.3, 0.4) is 0 Å². The van der Waals surface area contributed by atoms with Crippen LogP contribution in [0.25, 0.3) is 0 Å². The van der Waals surface area contributed by atoms with Crippen LogP contribution in [0.4, 0.5) is 0 Å². The Hall–Kier alpha value is -0.830. The van der Waals surface area contributed by atoms with Crippen molar-refractivity contribution in [2.24, 2.45) is 24.3 Å². The molecule has 0 aliphatic heterocycles. The van der Waals surface area contributed by atoms with Gasteiger partial charge in [-0.15, -0.1) is 0 Å². The van der Waals surface area contributed by atoms with Crippen LogP contribution < -0.4 is 0 Å². The third-order valence-corrected chi connectivity index (χ3v) is 4.57. The average Bonchev–Trinajstić information content (AvgIpc) is 2.73. The predicted molar refractivity (Wildman–Crippen MR) is 73.1 cm³/mol. The molecule has 3 nitrogen and oxygen atoms in total. The number of nitrogens with zero attached hydrogens (tertiary/aromatic N) is 2. The van der Waals surface area contributed by atoms with Gasteiger partial charge in [0.15, 0.2) is 0 Å². The van der Waals surface area contributed by atoms with Gasteiger partial charge in [-0.1, -0.05) is 20.8 Å². The minimum atomic E-state index is -0.397. The van der Waals surface area contributed by atoms with E-state index in [9.17, 15) is 5.11 Å².